The standard InChI is InChI=1S/C22H25BrN2O4S/c23-19-10-8-17(9-11-19)16-6-4-15(5-7-16)12-13-30(28,29)25-20-3-1-2-18(20)14-21(25)22(26)24-27/h4-11,18,20-21,27H,1-3,12-14H2,(H,24,26)/t18-,20-,21?/m1/s1. The van der Waals surface area contributed by atoms with Gasteiger partial charge in [-0.3, -0.25) is 10.0 Å². The second kappa shape index (κ2) is 8.78. The zero-order valence-electron chi connectivity index (χ0n) is 16.5. The van der Waals surface area contributed by atoms with Crippen molar-refractivity contribution in [3.63, 3.8) is 0 Å². The van der Waals surface area contributed by atoms with E-state index in [1.54, 1.807) is 5.48 Å². The number of nitrogens with zero attached hydrogens (tertiary/aromatic N) is 1. The van der Waals surface area contributed by atoms with Gasteiger partial charge in [0.05, 0.1) is 5.75 Å². The third-order valence-corrected chi connectivity index (χ3v) is 8.71. The third-order valence-electron chi connectivity index (χ3n) is 6.29. The van der Waals surface area contributed by atoms with Gasteiger partial charge < -0.3 is 0 Å². The number of amides is 1. The highest BCUT2D eigenvalue weighted by Crippen LogP contribution is 2.43. The fourth-order valence-corrected chi connectivity index (χ4v) is 7.03. The SMILES string of the molecule is O=C(NO)C1C[C@H]2CCC[C@H]2N1S(=O)(=O)CCc1ccc(-c2ccc(Br)cc2)cc1. The van der Waals surface area contributed by atoms with E-state index in [1.807, 2.05) is 48.5 Å². The number of nitrogens with one attached hydrogen (secondary N) is 1. The van der Waals surface area contributed by atoms with E-state index >= 15 is 0 Å². The molecule has 2 aliphatic rings. The number of hydrogen-bond donors (Lipinski definition) is 2. The molecule has 0 aromatic heterocycles. The molecule has 1 heterocycles. The maximum absolute atomic E-state index is 13.2. The second-order valence-electron chi connectivity index (χ2n) is 8.09. The Morgan fingerprint density at radius 3 is 2.33 bits per heavy atom. The Balaban J connectivity index is 1.46. The van der Waals surface area contributed by atoms with Crippen molar-refractivity contribution < 1.29 is 18.4 Å². The molecule has 8 heteroatoms. The molecule has 2 aromatic carbocycles. The first-order valence-electron chi connectivity index (χ1n) is 10.2. The average Bonchev–Trinajstić information content (AvgIpc) is 3.34. The molecule has 0 bridgehead atoms. The maximum atomic E-state index is 13.2. The first-order chi connectivity index (χ1) is 14.4. The van der Waals surface area contributed by atoms with Gasteiger partial charge in [0.25, 0.3) is 5.91 Å². The van der Waals surface area contributed by atoms with Crippen LogP contribution < -0.4 is 5.48 Å². The summed E-state index contributed by atoms with van der Waals surface area (Å²) in [5.74, 6) is -0.484. The van der Waals surface area contributed by atoms with Gasteiger partial charge in [-0.25, -0.2) is 13.9 Å². The minimum Gasteiger partial charge on any atom is -0.289 e. The van der Waals surface area contributed by atoms with Gasteiger partial charge in [0.2, 0.25) is 10.0 Å². The van der Waals surface area contributed by atoms with Crippen molar-refractivity contribution in [2.24, 2.45) is 5.92 Å². The average molecular weight is 493 g/mol. The summed E-state index contributed by atoms with van der Waals surface area (Å²) >= 11 is 3.43. The van der Waals surface area contributed by atoms with Crippen LogP contribution in [0.4, 0.5) is 0 Å². The van der Waals surface area contributed by atoms with Gasteiger partial charge in [0.15, 0.2) is 0 Å². The number of carbonyl (C=O) groups is 1. The van der Waals surface area contributed by atoms with E-state index in [2.05, 4.69) is 15.9 Å². The molecule has 0 radical (unpaired) electrons. The summed E-state index contributed by atoms with van der Waals surface area (Å²) in [5.41, 5.74) is 4.75. The smallest absolute Gasteiger partial charge is 0.261 e. The summed E-state index contributed by atoms with van der Waals surface area (Å²) in [6, 6.07) is 15.0. The van der Waals surface area contributed by atoms with Gasteiger partial charge in [-0.05, 0) is 60.4 Å². The largest absolute Gasteiger partial charge is 0.289 e. The fraction of sp³-hybridized carbons (Fsp3) is 0.409. The van der Waals surface area contributed by atoms with Crippen LogP contribution in [0.25, 0.3) is 11.1 Å². The second-order valence-corrected chi connectivity index (χ2v) is 11.0. The molecule has 1 amide bonds. The Labute approximate surface area is 185 Å². The van der Waals surface area contributed by atoms with Crippen molar-refractivity contribution in [2.75, 3.05) is 5.75 Å². The molecule has 6 nitrogen and oxygen atoms in total. The van der Waals surface area contributed by atoms with Crippen LogP contribution in [-0.4, -0.2) is 41.7 Å². The van der Waals surface area contributed by atoms with E-state index < -0.39 is 22.0 Å². The van der Waals surface area contributed by atoms with E-state index in [4.69, 9.17) is 5.21 Å². The first-order valence-corrected chi connectivity index (χ1v) is 12.6. The van der Waals surface area contributed by atoms with Crippen LogP contribution in [0, 0.1) is 5.92 Å². The van der Waals surface area contributed by atoms with Crippen molar-refractivity contribution in [1.82, 2.24) is 9.79 Å². The Kier molecular flexibility index (Phi) is 6.29. The Morgan fingerprint density at radius 2 is 1.70 bits per heavy atom. The van der Waals surface area contributed by atoms with Crippen LogP contribution in [0.2, 0.25) is 0 Å². The number of carbonyl (C=O) groups excluding carboxylic acids is 1. The number of rotatable bonds is 6. The molecule has 2 aromatic rings. The minimum atomic E-state index is -3.63. The lowest BCUT2D eigenvalue weighted by Crippen LogP contribution is -2.49. The number of halogens is 1. The highest BCUT2D eigenvalue weighted by atomic mass is 79.9. The molecule has 1 unspecified atom stereocenters. The van der Waals surface area contributed by atoms with Crippen LogP contribution in [0.5, 0.6) is 0 Å². The number of sulfonamides is 1. The quantitative estimate of drug-likeness (QED) is 0.474. The summed E-state index contributed by atoms with van der Waals surface area (Å²) in [6.07, 6.45) is 3.55. The Bertz CT molecular complexity index is 1010. The molecule has 2 fully saturated rings. The van der Waals surface area contributed by atoms with Crippen molar-refractivity contribution in [3.8, 4) is 11.1 Å². The zero-order valence-corrected chi connectivity index (χ0v) is 18.9. The molecule has 1 saturated carbocycles. The molecular weight excluding hydrogens is 468 g/mol. The van der Waals surface area contributed by atoms with Crippen LogP contribution in [0.3, 0.4) is 0 Å². The van der Waals surface area contributed by atoms with Gasteiger partial charge in [0, 0.05) is 10.5 Å². The number of hydroxylamine groups is 1. The molecule has 4 rings (SSSR count). The van der Waals surface area contributed by atoms with Gasteiger partial charge in [-0.1, -0.05) is 58.7 Å². The molecule has 30 heavy (non-hydrogen) atoms. The fourth-order valence-electron chi connectivity index (χ4n) is 4.80. The van der Waals surface area contributed by atoms with Crippen LogP contribution in [0.1, 0.15) is 31.2 Å². The minimum absolute atomic E-state index is 0.0525. The highest BCUT2D eigenvalue weighted by molar-refractivity contribution is 9.10. The molecule has 0 spiro atoms. The molecular formula is C22H25BrN2O4S. The monoisotopic (exact) mass is 492 g/mol. The predicted octanol–water partition coefficient (Wildman–Crippen LogP) is 3.74. The van der Waals surface area contributed by atoms with E-state index in [0.717, 1.165) is 40.4 Å². The Morgan fingerprint density at radius 1 is 1.07 bits per heavy atom. The van der Waals surface area contributed by atoms with Crippen LogP contribution in [-0.2, 0) is 21.2 Å². The van der Waals surface area contributed by atoms with E-state index in [1.165, 1.54) is 4.31 Å². The van der Waals surface area contributed by atoms with E-state index in [9.17, 15) is 13.2 Å². The van der Waals surface area contributed by atoms with Crippen molar-refractivity contribution >= 4 is 31.9 Å². The summed E-state index contributed by atoms with van der Waals surface area (Å²) in [5, 5.41) is 9.06. The van der Waals surface area contributed by atoms with E-state index in [-0.39, 0.29) is 17.7 Å². The Hall–Kier alpha value is -1.74. The van der Waals surface area contributed by atoms with Gasteiger partial charge in [-0.2, -0.15) is 4.31 Å². The summed E-state index contributed by atoms with van der Waals surface area (Å²) in [7, 11) is -3.63. The predicted molar refractivity (Wildman–Crippen MR) is 118 cm³/mol. The third kappa shape index (κ3) is 4.32. The maximum Gasteiger partial charge on any atom is 0.261 e. The number of fused-ring (bicyclic) bond motifs is 1. The lowest BCUT2D eigenvalue weighted by Gasteiger charge is -2.27. The molecule has 160 valence electrons. The van der Waals surface area contributed by atoms with Crippen molar-refractivity contribution in [3.05, 3.63) is 58.6 Å². The lowest BCUT2D eigenvalue weighted by atomic mass is 10.0. The lowest BCUT2D eigenvalue weighted by molar-refractivity contribution is -0.132. The number of hydrogen-bond acceptors (Lipinski definition) is 4. The van der Waals surface area contributed by atoms with Crippen LogP contribution >= 0.6 is 15.9 Å². The topological polar surface area (TPSA) is 86.7 Å². The molecule has 1 aliphatic carbocycles. The first kappa shape index (κ1) is 21.5. The van der Waals surface area contributed by atoms with Crippen molar-refractivity contribution in [1.29, 1.82) is 0 Å². The molecule has 3 atom stereocenters. The molecule has 2 N–H and O–H groups in total. The summed E-state index contributed by atoms with van der Waals surface area (Å²) < 4.78 is 28.7. The highest BCUT2D eigenvalue weighted by Gasteiger charge is 2.51. The van der Waals surface area contributed by atoms with Gasteiger partial charge >= 0.3 is 0 Å². The van der Waals surface area contributed by atoms with Gasteiger partial charge in [0.1, 0.15) is 6.04 Å². The number of aryl methyl sites for hydroxylation is 1. The summed E-state index contributed by atoms with van der Waals surface area (Å²) in [6.45, 7) is 0. The molecule has 1 aliphatic heterocycles. The molecule has 1 saturated heterocycles. The van der Waals surface area contributed by atoms with Crippen molar-refractivity contribution in [2.45, 2.75) is 44.2 Å². The number of benzene rings is 2. The normalized spacial score (nSPS) is 24.0. The zero-order chi connectivity index (χ0) is 21.3. The van der Waals surface area contributed by atoms with E-state index in [0.29, 0.717) is 12.8 Å². The summed E-state index contributed by atoms with van der Waals surface area (Å²) in [4.78, 5) is 12.1. The van der Waals surface area contributed by atoms with Gasteiger partial charge in [-0.15, -0.1) is 0 Å². The van der Waals surface area contributed by atoms with Crippen LogP contribution in [0.15, 0.2) is 53.0 Å².